The number of rotatable bonds is 22. The standard InChI is InChI=1S/C16H35O8PS2/c1-25(17,26)24-14-13-22-10-9-20-6-5-18-3-4-19-7-8-21-11-12-23-15-16-27-2/h3-16H2,1-2H3,(H,17,26). The van der Waals surface area contributed by atoms with Gasteiger partial charge in [0.1, 0.15) is 0 Å². The second-order valence-corrected chi connectivity index (χ2v) is 10.2. The molecule has 0 amide bonds. The molecule has 0 heterocycles. The summed E-state index contributed by atoms with van der Waals surface area (Å²) in [4.78, 5) is 9.27. The molecule has 1 atom stereocenters. The summed E-state index contributed by atoms with van der Waals surface area (Å²) in [5.74, 6) is 1.01. The van der Waals surface area contributed by atoms with E-state index in [4.69, 9.17) is 44.8 Å². The summed E-state index contributed by atoms with van der Waals surface area (Å²) >= 11 is 6.51. The quantitative estimate of drug-likeness (QED) is 0.193. The van der Waals surface area contributed by atoms with Crippen LogP contribution in [0.5, 0.6) is 0 Å². The number of hydrogen-bond donors (Lipinski definition) is 1. The van der Waals surface area contributed by atoms with E-state index in [-0.39, 0.29) is 0 Å². The molecule has 0 saturated carbocycles. The molecule has 164 valence electrons. The average molecular weight is 451 g/mol. The molecule has 0 fully saturated rings. The molecule has 0 rings (SSSR count). The van der Waals surface area contributed by atoms with Gasteiger partial charge in [0.2, 0.25) is 0 Å². The molecule has 0 aliphatic heterocycles. The van der Waals surface area contributed by atoms with Crippen molar-refractivity contribution in [3.63, 3.8) is 0 Å². The van der Waals surface area contributed by atoms with Gasteiger partial charge in [-0.05, 0) is 18.1 Å². The van der Waals surface area contributed by atoms with Crippen molar-refractivity contribution in [2.24, 2.45) is 0 Å². The normalized spacial score (nSPS) is 13.7. The zero-order chi connectivity index (χ0) is 20.1. The van der Waals surface area contributed by atoms with Gasteiger partial charge in [-0.25, -0.2) is 0 Å². The molecule has 0 aromatic carbocycles. The summed E-state index contributed by atoms with van der Waals surface area (Å²) in [6.45, 7) is 5.75. The Kier molecular flexibility index (Phi) is 21.9. The third kappa shape index (κ3) is 26.7. The summed E-state index contributed by atoms with van der Waals surface area (Å²) in [5, 5.41) is 0. The van der Waals surface area contributed by atoms with E-state index in [1.165, 1.54) is 6.66 Å². The van der Waals surface area contributed by atoms with Crippen molar-refractivity contribution >= 4 is 30.1 Å². The van der Waals surface area contributed by atoms with Crippen molar-refractivity contribution in [1.29, 1.82) is 0 Å². The van der Waals surface area contributed by atoms with Crippen LogP contribution < -0.4 is 0 Å². The Morgan fingerprint density at radius 3 is 1.22 bits per heavy atom. The van der Waals surface area contributed by atoms with E-state index >= 15 is 0 Å². The first-order valence-corrected chi connectivity index (χ1v) is 13.5. The lowest BCUT2D eigenvalue weighted by Gasteiger charge is -2.10. The fourth-order valence-corrected chi connectivity index (χ4v) is 2.53. The van der Waals surface area contributed by atoms with E-state index in [1.54, 1.807) is 11.8 Å². The largest absolute Gasteiger partial charge is 0.378 e. The van der Waals surface area contributed by atoms with E-state index in [0.717, 1.165) is 12.4 Å². The van der Waals surface area contributed by atoms with E-state index in [9.17, 15) is 4.89 Å². The van der Waals surface area contributed by atoms with Crippen LogP contribution in [0.4, 0.5) is 0 Å². The maximum atomic E-state index is 9.27. The molecular weight excluding hydrogens is 415 g/mol. The maximum Gasteiger partial charge on any atom is 0.183 e. The second kappa shape index (κ2) is 21.4. The molecule has 1 unspecified atom stereocenters. The lowest BCUT2D eigenvalue weighted by atomic mass is 10.7. The van der Waals surface area contributed by atoms with Gasteiger partial charge in [0.05, 0.1) is 85.9 Å². The molecule has 0 aliphatic carbocycles. The fraction of sp³-hybridized carbons (Fsp3) is 1.00. The first-order valence-electron chi connectivity index (χ1n) is 8.96. The predicted octanol–water partition coefficient (Wildman–Crippen LogP) is 1.40. The van der Waals surface area contributed by atoms with Gasteiger partial charge >= 0.3 is 0 Å². The third-order valence-electron chi connectivity index (χ3n) is 2.85. The topological polar surface area (TPSA) is 84.8 Å². The van der Waals surface area contributed by atoms with Crippen LogP contribution in [-0.4, -0.2) is 109 Å². The van der Waals surface area contributed by atoms with Crippen LogP contribution in [0, 0.1) is 0 Å². The van der Waals surface area contributed by atoms with Crippen LogP contribution in [-0.2, 0) is 44.8 Å². The summed E-state index contributed by atoms with van der Waals surface area (Å²) in [6, 6.07) is 0. The number of ether oxygens (including phenoxy) is 6. The SMILES string of the molecule is CSCCOCCOCCOCCOCCOCCOCCOP(C)(O)=S. The highest BCUT2D eigenvalue weighted by Crippen LogP contribution is 2.36. The number of hydrogen-bond acceptors (Lipinski definition) is 9. The Morgan fingerprint density at radius 2 is 0.926 bits per heavy atom. The van der Waals surface area contributed by atoms with Crippen LogP contribution in [0.3, 0.4) is 0 Å². The van der Waals surface area contributed by atoms with E-state index in [1.807, 2.05) is 0 Å². The Bertz CT molecular complexity index is 346. The third-order valence-corrected chi connectivity index (χ3v) is 4.40. The molecule has 0 aromatic heterocycles. The second-order valence-electron chi connectivity index (χ2n) is 5.30. The fourth-order valence-electron chi connectivity index (χ4n) is 1.61. The van der Waals surface area contributed by atoms with Crippen molar-refractivity contribution in [3.05, 3.63) is 0 Å². The highest BCUT2D eigenvalue weighted by molar-refractivity contribution is 8.09. The van der Waals surface area contributed by atoms with Gasteiger partial charge in [0.15, 0.2) is 6.49 Å². The van der Waals surface area contributed by atoms with E-state index in [2.05, 4.69) is 6.26 Å². The average Bonchev–Trinajstić information content (AvgIpc) is 2.62. The molecular formula is C16H35O8PS2. The molecule has 1 N–H and O–H groups in total. The molecule has 27 heavy (non-hydrogen) atoms. The van der Waals surface area contributed by atoms with Gasteiger partial charge in [0.25, 0.3) is 0 Å². The van der Waals surface area contributed by atoms with Gasteiger partial charge in [-0.3, -0.25) is 0 Å². The number of thioether (sulfide) groups is 1. The summed E-state index contributed by atoms with van der Waals surface area (Å²) in [6.07, 6.45) is 2.06. The predicted molar refractivity (Wildman–Crippen MR) is 112 cm³/mol. The lowest BCUT2D eigenvalue weighted by Crippen LogP contribution is -2.14. The molecule has 0 saturated heterocycles. The molecule has 0 aromatic rings. The van der Waals surface area contributed by atoms with E-state index in [0.29, 0.717) is 79.3 Å². The van der Waals surface area contributed by atoms with Crippen molar-refractivity contribution in [2.45, 2.75) is 0 Å². The minimum atomic E-state index is -2.58. The van der Waals surface area contributed by atoms with Gasteiger partial charge in [-0.15, -0.1) is 0 Å². The van der Waals surface area contributed by atoms with Crippen LogP contribution in [0.15, 0.2) is 0 Å². The Labute approximate surface area is 172 Å². The molecule has 0 bridgehead atoms. The van der Waals surface area contributed by atoms with Crippen molar-refractivity contribution in [3.8, 4) is 0 Å². The van der Waals surface area contributed by atoms with Gasteiger partial charge in [-0.2, -0.15) is 11.8 Å². The summed E-state index contributed by atoms with van der Waals surface area (Å²) in [7, 11) is 0. The first kappa shape index (κ1) is 27.7. The maximum absolute atomic E-state index is 9.27. The summed E-state index contributed by atoms with van der Waals surface area (Å²) in [5.41, 5.74) is 0. The van der Waals surface area contributed by atoms with Crippen molar-refractivity contribution in [1.82, 2.24) is 0 Å². The first-order chi connectivity index (χ1) is 13.1. The Balaban J connectivity index is 3.02. The molecule has 0 radical (unpaired) electrons. The lowest BCUT2D eigenvalue weighted by molar-refractivity contribution is -0.0172. The minimum absolute atomic E-state index is 0.296. The van der Waals surface area contributed by atoms with Crippen LogP contribution in [0.1, 0.15) is 0 Å². The van der Waals surface area contributed by atoms with Gasteiger partial charge < -0.3 is 37.8 Å². The molecule has 11 heteroatoms. The van der Waals surface area contributed by atoms with Crippen LogP contribution in [0.25, 0.3) is 0 Å². The van der Waals surface area contributed by atoms with Crippen LogP contribution >= 0.6 is 18.3 Å². The van der Waals surface area contributed by atoms with Crippen LogP contribution in [0.2, 0.25) is 0 Å². The molecule has 8 nitrogen and oxygen atoms in total. The molecule has 0 aliphatic rings. The Morgan fingerprint density at radius 1 is 0.630 bits per heavy atom. The van der Waals surface area contributed by atoms with Crippen molar-refractivity contribution in [2.75, 3.05) is 105 Å². The highest BCUT2D eigenvalue weighted by Gasteiger charge is 2.03. The van der Waals surface area contributed by atoms with Gasteiger partial charge in [-0.1, -0.05) is 0 Å². The highest BCUT2D eigenvalue weighted by atomic mass is 32.5. The zero-order valence-corrected chi connectivity index (χ0v) is 19.0. The van der Waals surface area contributed by atoms with E-state index < -0.39 is 6.49 Å². The zero-order valence-electron chi connectivity index (χ0n) is 16.5. The minimum Gasteiger partial charge on any atom is -0.378 e. The Hall–Kier alpha value is 0.680. The molecule has 0 spiro atoms. The van der Waals surface area contributed by atoms with Gasteiger partial charge in [0, 0.05) is 12.4 Å². The van der Waals surface area contributed by atoms with Crippen molar-refractivity contribution < 1.29 is 37.8 Å². The monoisotopic (exact) mass is 450 g/mol. The smallest absolute Gasteiger partial charge is 0.183 e. The summed E-state index contributed by atoms with van der Waals surface area (Å²) < 4.78 is 37.2.